The zero-order valence-corrected chi connectivity index (χ0v) is 21.3. The van der Waals surface area contributed by atoms with Crippen LogP contribution in [0.1, 0.15) is 57.6 Å². The van der Waals surface area contributed by atoms with Crippen LogP contribution in [0.15, 0.2) is 79.0 Å². The number of hydrogen-bond acceptors (Lipinski definition) is 3. The predicted octanol–water partition coefficient (Wildman–Crippen LogP) is 5.93. The van der Waals surface area contributed by atoms with Crippen molar-refractivity contribution >= 4 is 29.0 Å². The Balaban J connectivity index is 1.69. The number of aryl methyl sites for hydroxylation is 2. The Morgan fingerprint density at radius 1 is 1.06 bits per heavy atom. The molecule has 1 aliphatic heterocycles. The number of para-hydroxylation sites is 1. The lowest BCUT2D eigenvalue weighted by molar-refractivity contribution is 0.0697. The van der Waals surface area contributed by atoms with Gasteiger partial charge in [-0.25, -0.2) is 4.79 Å². The van der Waals surface area contributed by atoms with E-state index in [0.717, 1.165) is 34.8 Å². The third-order valence-corrected chi connectivity index (χ3v) is 7.20. The van der Waals surface area contributed by atoms with Crippen molar-refractivity contribution in [2.24, 2.45) is 0 Å². The molecule has 2 aromatic heterocycles. The van der Waals surface area contributed by atoms with Gasteiger partial charge in [-0.15, -0.1) is 0 Å². The summed E-state index contributed by atoms with van der Waals surface area (Å²) in [4.78, 5) is 18.8. The van der Waals surface area contributed by atoms with E-state index >= 15 is 0 Å². The quantitative estimate of drug-likeness (QED) is 0.323. The zero-order chi connectivity index (χ0) is 25.4. The number of carboxylic acid groups (broad SMARTS) is 1. The van der Waals surface area contributed by atoms with Crippen molar-refractivity contribution in [1.29, 1.82) is 0 Å². The number of nitrogens with one attached hydrogen (secondary N) is 1. The van der Waals surface area contributed by atoms with E-state index in [1.165, 1.54) is 5.56 Å². The minimum atomic E-state index is -0.952. The van der Waals surface area contributed by atoms with Crippen LogP contribution in [-0.4, -0.2) is 25.7 Å². The molecule has 0 saturated carbocycles. The van der Waals surface area contributed by atoms with Gasteiger partial charge in [-0.1, -0.05) is 37.3 Å². The van der Waals surface area contributed by atoms with Gasteiger partial charge in [0.1, 0.15) is 0 Å². The van der Waals surface area contributed by atoms with Gasteiger partial charge in [0.05, 0.1) is 29.0 Å². The number of hydrogen-bond donors (Lipinski definition) is 2. The maximum atomic E-state index is 12.0. The average molecular weight is 497 g/mol. The van der Waals surface area contributed by atoms with Gasteiger partial charge >= 0.3 is 5.97 Å². The Morgan fingerprint density at radius 2 is 1.78 bits per heavy atom. The van der Waals surface area contributed by atoms with Crippen molar-refractivity contribution in [2.75, 3.05) is 4.90 Å². The second-order valence-electron chi connectivity index (χ2n) is 9.00. The standard InChI is InChI=1S/C29H28N4O2S/c1-4-20-12-14-21(15-13-20)33-27(26(31-29(33)36)24-10-7-8-16-30-24)23-17-18(2)32(19(23)3)25-11-6-5-9-22(25)28(34)35/h5-17,26-27H,4H2,1-3H3,(H,31,36)(H,34,35). The molecular weight excluding hydrogens is 468 g/mol. The third-order valence-electron chi connectivity index (χ3n) is 6.89. The third kappa shape index (κ3) is 4.05. The van der Waals surface area contributed by atoms with Crippen LogP contribution in [0.4, 0.5) is 5.69 Å². The highest BCUT2D eigenvalue weighted by molar-refractivity contribution is 7.80. The first-order valence-corrected chi connectivity index (χ1v) is 12.4. The van der Waals surface area contributed by atoms with E-state index in [0.29, 0.717) is 10.8 Å². The van der Waals surface area contributed by atoms with Gasteiger partial charge < -0.3 is 19.9 Å². The molecule has 3 heterocycles. The van der Waals surface area contributed by atoms with Gasteiger partial charge in [-0.2, -0.15) is 0 Å². The SMILES string of the molecule is CCc1ccc(N2C(=S)NC(c3ccccn3)C2c2cc(C)n(-c3ccccc3C(=O)O)c2C)cc1. The van der Waals surface area contributed by atoms with Crippen molar-refractivity contribution in [3.05, 3.63) is 113 Å². The lowest BCUT2D eigenvalue weighted by atomic mass is 9.96. The number of rotatable bonds is 6. The van der Waals surface area contributed by atoms with E-state index in [9.17, 15) is 9.90 Å². The maximum Gasteiger partial charge on any atom is 0.337 e. The smallest absolute Gasteiger partial charge is 0.337 e. The number of pyridine rings is 1. The summed E-state index contributed by atoms with van der Waals surface area (Å²) in [6, 6.07) is 23.3. The summed E-state index contributed by atoms with van der Waals surface area (Å²) in [7, 11) is 0. The van der Waals surface area contributed by atoms with Crippen LogP contribution in [0, 0.1) is 13.8 Å². The fraction of sp³-hybridized carbons (Fsp3) is 0.207. The molecular formula is C29H28N4O2S. The predicted molar refractivity (Wildman–Crippen MR) is 146 cm³/mol. The molecule has 0 bridgehead atoms. The summed E-state index contributed by atoms with van der Waals surface area (Å²) in [5.41, 5.74) is 7.06. The van der Waals surface area contributed by atoms with Crippen LogP contribution >= 0.6 is 12.2 Å². The average Bonchev–Trinajstić information content (AvgIpc) is 3.39. The van der Waals surface area contributed by atoms with Crippen molar-refractivity contribution in [3.8, 4) is 5.69 Å². The number of carbonyl (C=O) groups is 1. The molecule has 1 aliphatic rings. The lowest BCUT2D eigenvalue weighted by Gasteiger charge is -2.28. The maximum absolute atomic E-state index is 12.0. The Kier molecular flexibility index (Phi) is 6.33. The van der Waals surface area contributed by atoms with Crippen LogP contribution in [0.2, 0.25) is 0 Å². The molecule has 36 heavy (non-hydrogen) atoms. The highest BCUT2D eigenvalue weighted by atomic mass is 32.1. The van der Waals surface area contributed by atoms with Gasteiger partial charge in [-0.05, 0) is 86.1 Å². The molecule has 0 aliphatic carbocycles. The van der Waals surface area contributed by atoms with Crippen molar-refractivity contribution < 1.29 is 9.90 Å². The largest absolute Gasteiger partial charge is 0.478 e. The number of benzene rings is 2. The van der Waals surface area contributed by atoms with E-state index in [4.69, 9.17) is 12.2 Å². The van der Waals surface area contributed by atoms with E-state index < -0.39 is 5.97 Å². The monoisotopic (exact) mass is 496 g/mol. The second kappa shape index (κ2) is 9.59. The van der Waals surface area contributed by atoms with Gasteiger partial charge in [0, 0.05) is 23.3 Å². The molecule has 4 aromatic rings. The van der Waals surface area contributed by atoms with Crippen LogP contribution in [0.5, 0.6) is 0 Å². The van der Waals surface area contributed by atoms with Crippen LogP contribution in [-0.2, 0) is 6.42 Å². The molecule has 0 radical (unpaired) electrons. The fourth-order valence-corrected chi connectivity index (χ4v) is 5.49. The summed E-state index contributed by atoms with van der Waals surface area (Å²) in [5.74, 6) is -0.952. The van der Waals surface area contributed by atoms with Crippen LogP contribution in [0.25, 0.3) is 5.69 Å². The molecule has 2 unspecified atom stereocenters. The summed E-state index contributed by atoms with van der Waals surface area (Å²) < 4.78 is 2.02. The molecule has 5 rings (SSSR count). The molecule has 1 saturated heterocycles. The van der Waals surface area contributed by atoms with Gasteiger partial charge in [0.15, 0.2) is 5.11 Å². The Hall–Kier alpha value is -3.97. The Morgan fingerprint density at radius 3 is 2.44 bits per heavy atom. The normalized spacial score (nSPS) is 17.3. The molecule has 2 N–H and O–H groups in total. The molecule has 7 heteroatoms. The van der Waals surface area contributed by atoms with Crippen LogP contribution in [0.3, 0.4) is 0 Å². The first-order valence-electron chi connectivity index (χ1n) is 12.0. The topological polar surface area (TPSA) is 70.4 Å². The van der Waals surface area contributed by atoms with E-state index in [1.807, 2.05) is 48.7 Å². The number of aromatic nitrogens is 2. The Labute approximate surface area is 216 Å². The highest BCUT2D eigenvalue weighted by Gasteiger charge is 2.42. The molecule has 6 nitrogen and oxygen atoms in total. The number of anilines is 1. The fourth-order valence-electron chi connectivity index (χ4n) is 5.15. The molecule has 0 amide bonds. The van der Waals surface area contributed by atoms with E-state index in [-0.39, 0.29) is 17.6 Å². The highest BCUT2D eigenvalue weighted by Crippen LogP contribution is 2.44. The zero-order valence-electron chi connectivity index (χ0n) is 20.5. The van der Waals surface area contributed by atoms with Gasteiger partial charge in [0.2, 0.25) is 0 Å². The number of carboxylic acids is 1. The van der Waals surface area contributed by atoms with Crippen molar-refractivity contribution in [2.45, 2.75) is 39.3 Å². The van der Waals surface area contributed by atoms with Crippen molar-refractivity contribution in [1.82, 2.24) is 14.9 Å². The summed E-state index contributed by atoms with van der Waals surface area (Å²) >= 11 is 5.87. The molecule has 182 valence electrons. The number of thiocarbonyl (C=S) groups is 1. The molecule has 1 fully saturated rings. The molecule has 2 atom stereocenters. The minimum Gasteiger partial charge on any atom is -0.478 e. The van der Waals surface area contributed by atoms with E-state index in [2.05, 4.69) is 52.5 Å². The summed E-state index contributed by atoms with van der Waals surface area (Å²) in [6.07, 6.45) is 2.76. The Bertz CT molecular complexity index is 1430. The van der Waals surface area contributed by atoms with E-state index in [1.54, 1.807) is 18.3 Å². The first-order chi connectivity index (χ1) is 17.4. The lowest BCUT2D eigenvalue weighted by Crippen LogP contribution is -2.29. The molecule has 0 spiro atoms. The molecule has 2 aromatic carbocycles. The minimum absolute atomic E-state index is 0.170. The number of aromatic carboxylic acids is 1. The summed E-state index contributed by atoms with van der Waals surface area (Å²) in [6.45, 7) is 6.18. The number of nitrogens with zero attached hydrogens (tertiary/aromatic N) is 3. The summed E-state index contributed by atoms with van der Waals surface area (Å²) in [5, 5.41) is 14.0. The van der Waals surface area contributed by atoms with Gasteiger partial charge in [-0.3, -0.25) is 4.98 Å². The van der Waals surface area contributed by atoms with Gasteiger partial charge in [0.25, 0.3) is 0 Å². The van der Waals surface area contributed by atoms with Crippen molar-refractivity contribution in [3.63, 3.8) is 0 Å². The first kappa shape index (κ1) is 23.8. The van der Waals surface area contributed by atoms with Crippen LogP contribution < -0.4 is 10.2 Å². The second-order valence-corrected chi connectivity index (χ2v) is 9.39.